The minimum Gasteiger partial charge on any atom is -0.393 e. The summed E-state index contributed by atoms with van der Waals surface area (Å²) in [6.07, 6.45) is 5.40. The molecule has 0 unspecified atom stereocenters. The maximum atomic E-state index is 10.4. The van der Waals surface area contributed by atoms with E-state index in [0.717, 1.165) is 44.1 Å². The summed E-state index contributed by atoms with van der Waals surface area (Å²) in [5, 5.41) is 20.0. The smallest absolute Gasteiger partial charge is 0.0818 e. The molecular formula is C15H22O2. The van der Waals surface area contributed by atoms with Crippen LogP contribution in [0.25, 0.3) is 0 Å². The van der Waals surface area contributed by atoms with E-state index < -0.39 is 0 Å². The third-order valence-corrected chi connectivity index (χ3v) is 3.81. The van der Waals surface area contributed by atoms with Crippen LogP contribution in [-0.2, 0) is 0 Å². The summed E-state index contributed by atoms with van der Waals surface area (Å²) in [6.45, 7) is 0. The van der Waals surface area contributed by atoms with Crippen molar-refractivity contribution in [1.82, 2.24) is 0 Å². The molecule has 1 fully saturated rings. The van der Waals surface area contributed by atoms with Gasteiger partial charge < -0.3 is 10.2 Å². The Balaban J connectivity index is 1.97. The molecule has 2 N–H and O–H groups in total. The van der Waals surface area contributed by atoms with Gasteiger partial charge in [-0.2, -0.15) is 0 Å². The summed E-state index contributed by atoms with van der Waals surface area (Å²) >= 11 is 0. The predicted octanol–water partition coefficient (Wildman–Crippen LogP) is 3.05. The first-order valence-corrected chi connectivity index (χ1v) is 6.68. The molecule has 1 aromatic rings. The van der Waals surface area contributed by atoms with Gasteiger partial charge in [-0.15, -0.1) is 0 Å². The topological polar surface area (TPSA) is 40.5 Å². The van der Waals surface area contributed by atoms with Gasteiger partial charge in [-0.05, 0) is 37.2 Å². The Labute approximate surface area is 103 Å². The van der Waals surface area contributed by atoms with Gasteiger partial charge in [0.05, 0.1) is 12.2 Å². The van der Waals surface area contributed by atoms with E-state index in [1.165, 1.54) is 0 Å². The van der Waals surface area contributed by atoms with Gasteiger partial charge in [0.15, 0.2) is 0 Å². The summed E-state index contributed by atoms with van der Waals surface area (Å²) < 4.78 is 0. The Kier molecular flexibility index (Phi) is 4.57. The summed E-state index contributed by atoms with van der Waals surface area (Å²) in [5.74, 6) is 0.352. The van der Waals surface area contributed by atoms with Crippen molar-refractivity contribution in [3.05, 3.63) is 35.9 Å². The monoisotopic (exact) mass is 234 g/mol. The predicted molar refractivity (Wildman–Crippen MR) is 68.6 cm³/mol. The molecular weight excluding hydrogens is 212 g/mol. The molecule has 2 nitrogen and oxygen atoms in total. The number of benzene rings is 1. The Morgan fingerprint density at radius 2 is 1.53 bits per heavy atom. The van der Waals surface area contributed by atoms with E-state index in [2.05, 4.69) is 0 Å². The standard InChI is InChI=1S/C15H22O2/c16-14-10-4-8-13(9-5-11-14)15(17)12-6-2-1-3-7-12/h1-3,6-7,13-17H,4-5,8-11H2/t13?,14?,15-/m0/s1. The summed E-state index contributed by atoms with van der Waals surface area (Å²) in [5.41, 5.74) is 1.03. The molecule has 1 saturated carbocycles. The zero-order chi connectivity index (χ0) is 12.1. The van der Waals surface area contributed by atoms with Gasteiger partial charge in [0.2, 0.25) is 0 Å². The molecule has 1 aliphatic carbocycles. The first-order chi connectivity index (χ1) is 8.27. The van der Waals surface area contributed by atoms with Crippen molar-refractivity contribution in [3.8, 4) is 0 Å². The maximum absolute atomic E-state index is 10.4. The van der Waals surface area contributed by atoms with E-state index >= 15 is 0 Å². The Bertz CT molecular complexity index is 313. The normalized spacial score (nSPS) is 28.1. The average Bonchev–Trinajstić information content (AvgIpc) is 2.34. The zero-order valence-corrected chi connectivity index (χ0v) is 10.3. The molecule has 0 spiro atoms. The quantitative estimate of drug-likeness (QED) is 0.825. The lowest BCUT2D eigenvalue weighted by Crippen LogP contribution is -2.18. The third kappa shape index (κ3) is 3.55. The van der Waals surface area contributed by atoms with E-state index in [-0.39, 0.29) is 12.2 Å². The van der Waals surface area contributed by atoms with Crippen LogP contribution in [0.3, 0.4) is 0 Å². The van der Waals surface area contributed by atoms with Gasteiger partial charge in [0, 0.05) is 0 Å². The highest BCUT2D eigenvalue weighted by molar-refractivity contribution is 5.17. The van der Waals surface area contributed by atoms with Crippen LogP contribution in [0.1, 0.15) is 50.2 Å². The largest absolute Gasteiger partial charge is 0.393 e. The van der Waals surface area contributed by atoms with Crippen LogP contribution in [0.15, 0.2) is 30.3 Å². The lowest BCUT2D eigenvalue weighted by Gasteiger charge is -2.26. The number of aliphatic hydroxyl groups is 2. The van der Waals surface area contributed by atoms with Crippen LogP contribution in [0.2, 0.25) is 0 Å². The minimum atomic E-state index is -0.341. The van der Waals surface area contributed by atoms with Gasteiger partial charge in [0.1, 0.15) is 0 Å². The molecule has 0 aromatic heterocycles. The second-order valence-electron chi connectivity index (χ2n) is 5.13. The van der Waals surface area contributed by atoms with Crippen LogP contribution in [0, 0.1) is 5.92 Å². The maximum Gasteiger partial charge on any atom is 0.0818 e. The SMILES string of the molecule is OC1CCCC([C@@H](O)c2ccccc2)CCC1. The molecule has 2 heteroatoms. The first-order valence-electron chi connectivity index (χ1n) is 6.68. The van der Waals surface area contributed by atoms with Crippen molar-refractivity contribution >= 4 is 0 Å². The summed E-state index contributed by atoms with van der Waals surface area (Å²) in [4.78, 5) is 0. The van der Waals surface area contributed by atoms with Crippen molar-refractivity contribution in [3.63, 3.8) is 0 Å². The molecule has 0 aliphatic heterocycles. The van der Waals surface area contributed by atoms with Crippen LogP contribution >= 0.6 is 0 Å². The van der Waals surface area contributed by atoms with E-state index in [0.29, 0.717) is 5.92 Å². The van der Waals surface area contributed by atoms with E-state index in [1.54, 1.807) is 0 Å². The molecule has 0 saturated heterocycles. The molecule has 0 heterocycles. The lowest BCUT2D eigenvalue weighted by molar-refractivity contribution is 0.0724. The molecule has 94 valence electrons. The van der Waals surface area contributed by atoms with E-state index in [1.807, 2.05) is 30.3 Å². The average molecular weight is 234 g/mol. The first kappa shape index (κ1) is 12.6. The molecule has 1 atom stereocenters. The van der Waals surface area contributed by atoms with Gasteiger partial charge in [-0.1, -0.05) is 43.2 Å². The fourth-order valence-electron chi connectivity index (χ4n) is 2.76. The minimum absolute atomic E-state index is 0.121. The highest BCUT2D eigenvalue weighted by Crippen LogP contribution is 2.32. The highest BCUT2D eigenvalue weighted by Gasteiger charge is 2.22. The molecule has 17 heavy (non-hydrogen) atoms. The van der Waals surface area contributed by atoms with Gasteiger partial charge in [0.25, 0.3) is 0 Å². The van der Waals surface area contributed by atoms with Crippen LogP contribution in [-0.4, -0.2) is 16.3 Å². The molecule has 0 bridgehead atoms. The van der Waals surface area contributed by atoms with Crippen molar-refractivity contribution in [2.24, 2.45) is 5.92 Å². The Hall–Kier alpha value is -0.860. The van der Waals surface area contributed by atoms with Crippen molar-refractivity contribution < 1.29 is 10.2 Å². The molecule has 0 radical (unpaired) electrons. The fraction of sp³-hybridized carbons (Fsp3) is 0.600. The highest BCUT2D eigenvalue weighted by atomic mass is 16.3. The van der Waals surface area contributed by atoms with Gasteiger partial charge in [-0.25, -0.2) is 0 Å². The molecule has 1 aliphatic rings. The van der Waals surface area contributed by atoms with Crippen molar-refractivity contribution in [1.29, 1.82) is 0 Å². The Morgan fingerprint density at radius 3 is 2.12 bits per heavy atom. The van der Waals surface area contributed by atoms with Crippen molar-refractivity contribution in [2.45, 2.75) is 50.7 Å². The van der Waals surface area contributed by atoms with Crippen molar-refractivity contribution in [2.75, 3.05) is 0 Å². The second-order valence-corrected chi connectivity index (χ2v) is 5.13. The summed E-state index contributed by atoms with van der Waals surface area (Å²) in [6, 6.07) is 9.93. The second kappa shape index (κ2) is 6.18. The van der Waals surface area contributed by atoms with Crippen LogP contribution < -0.4 is 0 Å². The lowest BCUT2D eigenvalue weighted by atomic mass is 9.84. The van der Waals surface area contributed by atoms with E-state index in [9.17, 15) is 10.2 Å². The fourth-order valence-corrected chi connectivity index (χ4v) is 2.76. The molecule has 2 rings (SSSR count). The number of rotatable bonds is 2. The van der Waals surface area contributed by atoms with Gasteiger partial charge in [-0.3, -0.25) is 0 Å². The number of aliphatic hydroxyl groups excluding tert-OH is 2. The summed E-state index contributed by atoms with van der Waals surface area (Å²) in [7, 11) is 0. The van der Waals surface area contributed by atoms with Crippen LogP contribution in [0.4, 0.5) is 0 Å². The zero-order valence-electron chi connectivity index (χ0n) is 10.3. The van der Waals surface area contributed by atoms with Crippen LogP contribution in [0.5, 0.6) is 0 Å². The van der Waals surface area contributed by atoms with E-state index in [4.69, 9.17) is 0 Å². The number of hydrogen-bond donors (Lipinski definition) is 2. The third-order valence-electron chi connectivity index (χ3n) is 3.81. The Morgan fingerprint density at radius 1 is 0.941 bits per heavy atom. The number of hydrogen-bond acceptors (Lipinski definition) is 2. The molecule has 0 amide bonds. The van der Waals surface area contributed by atoms with Gasteiger partial charge >= 0.3 is 0 Å². The molecule has 1 aromatic carbocycles.